The van der Waals surface area contributed by atoms with E-state index >= 15 is 0 Å². The van der Waals surface area contributed by atoms with Crippen LogP contribution in [-0.4, -0.2) is 16.1 Å². The SMILES string of the molecule is O=C(O)CCCc1ccc2nc(Cl)ccc2c1Cl. The summed E-state index contributed by atoms with van der Waals surface area (Å²) < 4.78 is 0. The maximum atomic E-state index is 10.5. The van der Waals surface area contributed by atoms with Crippen molar-refractivity contribution < 1.29 is 9.90 Å². The van der Waals surface area contributed by atoms with Crippen LogP contribution >= 0.6 is 23.2 Å². The lowest BCUT2D eigenvalue weighted by molar-refractivity contribution is -0.137. The van der Waals surface area contributed by atoms with Gasteiger partial charge in [0.15, 0.2) is 0 Å². The number of pyridine rings is 1. The lowest BCUT2D eigenvalue weighted by atomic mass is 10.1. The second kappa shape index (κ2) is 5.55. The Balaban J connectivity index is 2.27. The smallest absolute Gasteiger partial charge is 0.303 e. The number of nitrogens with zero attached hydrogens (tertiary/aromatic N) is 1. The van der Waals surface area contributed by atoms with E-state index in [1.165, 1.54) is 0 Å². The van der Waals surface area contributed by atoms with Crippen molar-refractivity contribution in [2.24, 2.45) is 0 Å². The fourth-order valence-electron chi connectivity index (χ4n) is 1.81. The molecule has 3 nitrogen and oxygen atoms in total. The highest BCUT2D eigenvalue weighted by molar-refractivity contribution is 6.36. The van der Waals surface area contributed by atoms with Gasteiger partial charge in [0.05, 0.1) is 10.5 Å². The molecule has 2 rings (SSSR count). The molecule has 0 fully saturated rings. The summed E-state index contributed by atoms with van der Waals surface area (Å²) in [5.74, 6) is -0.791. The van der Waals surface area contributed by atoms with Gasteiger partial charge in [0.25, 0.3) is 0 Å². The van der Waals surface area contributed by atoms with Gasteiger partial charge in [-0.1, -0.05) is 29.3 Å². The van der Waals surface area contributed by atoms with Crippen LogP contribution in [0, 0.1) is 0 Å². The molecule has 1 heterocycles. The third-order valence-corrected chi connectivity index (χ3v) is 3.35. The van der Waals surface area contributed by atoms with Crippen LogP contribution < -0.4 is 0 Å². The molecule has 1 N–H and O–H groups in total. The van der Waals surface area contributed by atoms with Gasteiger partial charge in [-0.25, -0.2) is 4.98 Å². The van der Waals surface area contributed by atoms with E-state index in [0.717, 1.165) is 16.5 Å². The summed E-state index contributed by atoms with van der Waals surface area (Å²) in [6, 6.07) is 7.24. The van der Waals surface area contributed by atoms with Gasteiger partial charge >= 0.3 is 5.97 Å². The molecule has 0 saturated heterocycles. The van der Waals surface area contributed by atoms with Crippen molar-refractivity contribution in [3.05, 3.63) is 40.0 Å². The van der Waals surface area contributed by atoms with E-state index in [0.29, 0.717) is 23.0 Å². The number of hydrogen-bond donors (Lipinski definition) is 1. The first kappa shape index (κ1) is 13.1. The highest BCUT2D eigenvalue weighted by Gasteiger charge is 2.07. The van der Waals surface area contributed by atoms with E-state index in [4.69, 9.17) is 28.3 Å². The summed E-state index contributed by atoms with van der Waals surface area (Å²) in [5, 5.41) is 10.5. The predicted octanol–water partition coefficient (Wildman–Crippen LogP) is 3.95. The molecule has 5 heteroatoms. The Morgan fingerprint density at radius 1 is 1.22 bits per heavy atom. The number of carboxylic acids is 1. The molecule has 2 aromatic rings. The zero-order valence-electron chi connectivity index (χ0n) is 9.49. The summed E-state index contributed by atoms with van der Waals surface area (Å²) in [7, 11) is 0. The molecule has 0 bridgehead atoms. The second-order valence-electron chi connectivity index (χ2n) is 3.99. The molecule has 1 aromatic heterocycles. The van der Waals surface area contributed by atoms with E-state index in [1.807, 2.05) is 18.2 Å². The van der Waals surface area contributed by atoms with Crippen LogP contribution in [0.4, 0.5) is 0 Å². The lowest BCUT2D eigenvalue weighted by Gasteiger charge is -2.07. The third kappa shape index (κ3) is 2.92. The number of fused-ring (bicyclic) bond motifs is 1. The molecule has 0 radical (unpaired) electrons. The monoisotopic (exact) mass is 283 g/mol. The van der Waals surface area contributed by atoms with Gasteiger partial charge in [-0.15, -0.1) is 0 Å². The molecular formula is C13H11Cl2NO2. The van der Waals surface area contributed by atoms with Gasteiger partial charge < -0.3 is 5.11 Å². The summed E-state index contributed by atoms with van der Waals surface area (Å²) >= 11 is 12.1. The standard InChI is InChI=1S/C13H11Cl2NO2/c14-11-7-5-9-10(16-11)6-4-8(13(9)15)2-1-3-12(17)18/h4-7H,1-3H2,(H,17,18). The number of benzene rings is 1. The summed E-state index contributed by atoms with van der Waals surface area (Å²) in [4.78, 5) is 14.6. The number of aromatic nitrogens is 1. The van der Waals surface area contributed by atoms with Crippen molar-refractivity contribution in [2.45, 2.75) is 19.3 Å². The summed E-state index contributed by atoms with van der Waals surface area (Å²) in [5.41, 5.74) is 1.68. The first-order valence-electron chi connectivity index (χ1n) is 5.53. The van der Waals surface area contributed by atoms with Crippen molar-refractivity contribution in [3.8, 4) is 0 Å². The van der Waals surface area contributed by atoms with Crippen molar-refractivity contribution >= 4 is 40.1 Å². The molecule has 0 aliphatic rings. The molecule has 1 aromatic carbocycles. The Morgan fingerprint density at radius 3 is 2.72 bits per heavy atom. The molecule has 0 atom stereocenters. The quantitative estimate of drug-likeness (QED) is 0.865. The summed E-state index contributed by atoms with van der Waals surface area (Å²) in [6.07, 6.45) is 1.36. The van der Waals surface area contributed by atoms with Crippen LogP contribution in [0.5, 0.6) is 0 Å². The molecule has 18 heavy (non-hydrogen) atoms. The number of carbonyl (C=O) groups is 1. The van der Waals surface area contributed by atoms with Crippen molar-refractivity contribution in [3.63, 3.8) is 0 Å². The number of halogens is 2. The predicted molar refractivity (Wildman–Crippen MR) is 72.3 cm³/mol. The average molecular weight is 284 g/mol. The minimum absolute atomic E-state index is 0.146. The van der Waals surface area contributed by atoms with Crippen LogP contribution in [0.25, 0.3) is 10.9 Å². The van der Waals surface area contributed by atoms with Gasteiger partial charge in [-0.05, 0) is 36.6 Å². The molecule has 0 spiro atoms. The average Bonchev–Trinajstić information content (AvgIpc) is 2.31. The first-order chi connectivity index (χ1) is 8.58. The molecule has 0 amide bonds. The van der Waals surface area contributed by atoms with Crippen LogP contribution in [0.15, 0.2) is 24.3 Å². The zero-order valence-corrected chi connectivity index (χ0v) is 11.0. The molecule has 0 aliphatic heterocycles. The minimum Gasteiger partial charge on any atom is -0.481 e. The number of aliphatic carboxylic acids is 1. The maximum absolute atomic E-state index is 10.5. The number of rotatable bonds is 4. The first-order valence-corrected chi connectivity index (χ1v) is 6.29. The van der Waals surface area contributed by atoms with E-state index in [-0.39, 0.29) is 6.42 Å². The van der Waals surface area contributed by atoms with Crippen molar-refractivity contribution in [1.29, 1.82) is 0 Å². The molecular weight excluding hydrogens is 273 g/mol. The van der Waals surface area contributed by atoms with Crippen molar-refractivity contribution in [2.75, 3.05) is 0 Å². The van der Waals surface area contributed by atoms with Crippen LogP contribution in [0.2, 0.25) is 10.2 Å². The number of carboxylic acid groups (broad SMARTS) is 1. The van der Waals surface area contributed by atoms with Crippen LogP contribution in [-0.2, 0) is 11.2 Å². The van der Waals surface area contributed by atoms with E-state index in [1.54, 1.807) is 6.07 Å². The largest absolute Gasteiger partial charge is 0.481 e. The number of aryl methyl sites for hydroxylation is 1. The van der Waals surface area contributed by atoms with Gasteiger partial charge in [-0.2, -0.15) is 0 Å². The van der Waals surface area contributed by atoms with Crippen LogP contribution in [0.3, 0.4) is 0 Å². The Labute approximate surface area is 114 Å². The molecule has 0 unspecified atom stereocenters. The van der Waals surface area contributed by atoms with Gasteiger partial charge in [0, 0.05) is 11.8 Å². The Hall–Kier alpha value is -1.32. The van der Waals surface area contributed by atoms with Gasteiger partial charge in [0.2, 0.25) is 0 Å². The van der Waals surface area contributed by atoms with E-state index in [9.17, 15) is 4.79 Å². The topological polar surface area (TPSA) is 50.2 Å². The Bertz CT molecular complexity index is 599. The highest BCUT2D eigenvalue weighted by Crippen LogP contribution is 2.28. The molecule has 0 saturated carbocycles. The minimum atomic E-state index is -0.791. The zero-order chi connectivity index (χ0) is 13.1. The summed E-state index contributed by atoms with van der Waals surface area (Å²) in [6.45, 7) is 0. The molecule has 94 valence electrons. The van der Waals surface area contributed by atoms with Crippen molar-refractivity contribution in [1.82, 2.24) is 4.98 Å². The lowest BCUT2D eigenvalue weighted by Crippen LogP contribution is -1.96. The number of hydrogen-bond acceptors (Lipinski definition) is 2. The maximum Gasteiger partial charge on any atom is 0.303 e. The fourth-order valence-corrected chi connectivity index (χ4v) is 2.28. The fraction of sp³-hybridized carbons (Fsp3) is 0.231. The van der Waals surface area contributed by atoms with Crippen LogP contribution in [0.1, 0.15) is 18.4 Å². The Morgan fingerprint density at radius 2 is 2.00 bits per heavy atom. The van der Waals surface area contributed by atoms with Gasteiger partial charge in [0.1, 0.15) is 5.15 Å². The molecule has 0 aliphatic carbocycles. The van der Waals surface area contributed by atoms with Gasteiger partial charge in [-0.3, -0.25) is 4.79 Å². The Kier molecular flexibility index (Phi) is 4.04. The van der Waals surface area contributed by atoms with E-state index in [2.05, 4.69) is 4.98 Å². The third-order valence-electron chi connectivity index (χ3n) is 2.69. The van der Waals surface area contributed by atoms with E-state index < -0.39 is 5.97 Å². The second-order valence-corrected chi connectivity index (χ2v) is 4.75. The normalized spacial score (nSPS) is 10.8. The highest BCUT2D eigenvalue weighted by atomic mass is 35.5.